The van der Waals surface area contributed by atoms with E-state index in [-0.39, 0.29) is 12.5 Å². The third kappa shape index (κ3) is 3.77. The number of aliphatic hydroxyl groups is 1. The average Bonchev–Trinajstić information content (AvgIpc) is 3.15. The summed E-state index contributed by atoms with van der Waals surface area (Å²) >= 11 is 0. The van der Waals surface area contributed by atoms with E-state index in [0.29, 0.717) is 34.8 Å². The van der Waals surface area contributed by atoms with Gasteiger partial charge in [-0.3, -0.25) is 9.78 Å². The minimum atomic E-state index is -0.573. The third-order valence-electron chi connectivity index (χ3n) is 4.64. The largest absolute Gasteiger partial charge is 0.396 e. The number of nitrogens with zero attached hydrogens (tertiary/aromatic N) is 5. The molecule has 8 heteroatoms. The lowest BCUT2D eigenvalue weighted by Crippen LogP contribution is -2.18. The van der Waals surface area contributed by atoms with E-state index in [2.05, 4.69) is 20.5 Å². The number of carbonyl (C=O) groups excluding carboxylic acids is 1. The molecule has 2 aromatic heterocycles. The summed E-state index contributed by atoms with van der Waals surface area (Å²) in [5.74, 6) is -0.169. The van der Waals surface area contributed by atoms with Crippen molar-refractivity contribution in [2.45, 2.75) is 39.5 Å². The van der Waals surface area contributed by atoms with Crippen molar-refractivity contribution in [2.75, 3.05) is 6.61 Å². The fourth-order valence-corrected chi connectivity index (χ4v) is 3.21. The summed E-state index contributed by atoms with van der Waals surface area (Å²) in [6.07, 6.45) is 3.35. The number of hydrogen-bond donors (Lipinski definition) is 2. The zero-order valence-electron chi connectivity index (χ0n) is 16.3. The molecule has 3 rings (SSSR count). The number of carbonyl (C=O) groups is 1. The first-order valence-corrected chi connectivity index (χ1v) is 9.25. The van der Waals surface area contributed by atoms with Crippen molar-refractivity contribution in [1.29, 1.82) is 0 Å². The Bertz CT molecular complexity index is 981. The zero-order chi connectivity index (χ0) is 20.3. The van der Waals surface area contributed by atoms with Gasteiger partial charge in [-0.05, 0) is 53.1 Å². The Balaban J connectivity index is 2.30. The number of rotatable bonds is 7. The van der Waals surface area contributed by atoms with Crippen LogP contribution in [0.3, 0.4) is 0 Å². The Kier molecular flexibility index (Phi) is 5.79. The first kappa shape index (κ1) is 19.6. The highest BCUT2D eigenvalue weighted by Crippen LogP contribution is 2.33. The number of nitrogens with two attached hydrogens (primary N) is 1. The van der Waals surface area contributed by atoms with Crippen LogP contribution in [-0.4, -0.2) is 42.8 Å². The molecule has 0 aliphatic heterocycles. The quantitative estimate of drug-likeness (QED) is 0.648. The maximum atomic E-state index is 12.3. The molecule has 0 unspecified atom stereocenters. The minimum absolute atomic E-state index is 0.121. The van der Waals surface area contributed by atoms with Crippen molar-refractivity contribution < 1.29 is 9.90 Å². The lowest BCUT2D eigenvalue weighted by atomic mass is 9.88. The number of primary amides is 1. The number of amides is 1. The van der Waals surface area contributed by atoms with Crippen LogP contribution in [0.5, 0.6) is 0 Å². The molecule has 2 heterocycles. The van der Waals surface area contributed by atoms with Crippen LogP contribution in [0.1, 0.15) is 53.5 Å². The van der Waals surface area contributed by atoms with Gasteiger partial charge in [0.1, 0.15) is 0 Å². The smallest absolute Gasteiger partial charge is 0.249 e. The molecule has 0 aliphatic carbocycles. The van der Waals surface area contributed by atoms with Gasteiger partial charge in [0.15, 0.2) is 5.82 Å². The van der Waals surface area contributed by atoms with Crippen molar-refractivity contribution >= 4 is 5.91 Å². The normalized spacial score (nSPS) is 12.1. The van der Waals surface area contributed by atoms with Crippen LogP contribution in [0.25, 0.3) is 16.9 Å². The second-order valence-corrected chi connectivity index (χ2v) is 6.88. The molecule has 0 saturated heterocycles. The molecular weight excluding hydrogens is 356 g/mol. The standard InChI is InChI=1S/C20H24N6O2/c1-4-5-18-23-24-25-26(18)14-8-15(17-7-6-12(2)10-22-17)19(13(3)11-27)16(9-14)20(21)28/h6-10,13,27H,4-5,11H2,1-3H3,(H2,21,28)/t13-/m1/s1. The highest BCUT2D eigenvalue weighted by molar-refractivity contribution is 5.97. The van der Waals surface area contributed by atoms with Gasteiger partial charge < -0.3 is 10.8 Å². The molecule has 146 valence electrons. The van der Waals surface area contributed by atoms with Gasteiger partial charge in [0.2, 0.25) is 5.91 Å². The van der Waals surface area contributed by atoms with Crippen LogP contribution in [0.15, 0.2) is 30.5 Å². The summed E-state index contributed by atoms with van der Waals surface area (Å²) in [6.45, 7) is 5.72. The number of benzene rings is 1. The second kappa shape index (κ2) is 8.26. The summed E-state index contributed by atoms with van der Waals surface area (Å²) < 4.78 is 1.61. The molecule has 0 saturated carbocycles. The van der Waals surface area contributed by atoms with Crippen molar-refractivity contribution in [3.05, 3.63) is 53.0 Å². The van der Waals surface area contributed by atoms with Gasteiger partial charge in [0, 0.05) is 36.3 Å². The van der Waals surface area contributed by atoms with Crippen LogP contribution in [0.2, 0.25) is 0 Å². The molecule has 0 spiro atoms. The van der Waals surface area contributed by atoms with Gasteiger partial charge in [0.05, 0.1) is 11.4 Å². The summed E-state index contributed by atoms with van der Waals surface area (Å²) in [5, 5.41) is 21.7. The zero-order valence-corrected chi connectivity index (χ0v) is 16.3. The predicted octanol–water partition coefficient (Wildman–Crippen LogP) is 2.18. The predicted molar refractivity (Wildman–Crippen MR) is 105 cm³/mol. The SMILES string of the molecule is CCCc1nnnn1-c1cc(C(N)=O)c([C@H](C)CO)c(-c2ccc(C)cn2)c1. The fourth-order valence-electron chi connectivity index (χ4n) is 3.21. The maximum absolute atomic E-state index is 12.3. The molecule has 1 atom stereocenters. The molecule has 1 amide bonds. The first-order chi connectivity index (χ1) is 13.5. The van der Waals surface area contributed by atoms with E-state index in [9.17, 15) is 9.90 Å². The number of aliphatic hydroxyl groups excluding tert-OH is 1. The van der Waals surface area contributed by atoms with E-state index < -0.39 is 5.91 Å². The average molecular weight is 380 g/mol. The molecule has 3 aromatic rings. The van der Waals surface area contributed by atoms with Gasteiger partial charge in [0.25, 0.3) is 0 Å². The van der Waals surface area contributed by atoms with E-state index in [1.807, 2.05) is 39.0 Å². The van der Waals surface area contributed by atoms with Crippen molar-refractivity contribution in [3.63, 3.8) is 0 Å². The highest BCUT2D eigenvalue weighted by Gasteiger charge is 2.23. The number of aryl methyl sites for hydroxylation is 2. The number of hydrogen-bond acceptors (Lipinski definition) is 6. The van der Waals surface area contributed by atoms with E-state index >= 15 is 0 Å². The number of aromatic nitrogens is 5. The molecule has 0 fully saturated rings. The fraction of sp³-hybridized carbons (Fsp3) is 0.350. The second-order valence-electron chi connectivity index (χ2n) is 6.88. The van der Waals surface area contributed by atoms with Crippen LogP contribution < -0.4 is 5.73 Å². The van der Waals surface area contributed by atoms with Gasteiger partial charge in [-0.1, -0.05) is 19.9 Å². The van der Waals surface area contributed by atoms with Crippen LogP contribution in [0.4, 0.5) is 0 Å². The van der Waals surface area contributed by atoms with E-state index in [4.69, 9.17) is 5.73 Å². The first-order valence-electron chi connectivity index (χ1n) is 9.25. The number of tetrazole rings is 1. The van der Waals surface area contributed by atoms with Crippen molar-refractivity contribution in [3.8, 4) is 16.9 Å². The number of pyridine rings is 1. The molecule has 0 bridgehead atoms. The minimum Gasteiger partial charge on any atom is -0.396 e. The molecule has 28 heavy (non-hydrogen) atoms. The van der Waals surface area contributed by atoms with Crippen LogP contribution in [0, 0.1) is 6.92 Å². The van der Waals surface area contributed by atoms with Gasteiger partial charge in [-0.25, -0.2) is 0 Å². The molecule has 0 aliphatic rings. The molecule has 1 aromatic carbocycles. The van der Waals surface area contributed by atoms with E-state index in [1.165, 1.54) is 0 Å². The Labute approximate surface area is 163 Å². The monoisotopic (exact) mass is 380 g/mol. The molecule has 0 radical (unpaired) electrons. The highest BCUT2D eigenvalue weighted by atomic mass is 16.3. The topological polar surface area (TPSA) is 120 Å². The van der Waals surface area contributed by atoms with E-state index in [1.54, 1.807) is 16.9 Å². The van der Waals surface area contributed by atoms with E-state index in [0.717, 1.165) is 17.5 Å². The third-order valence-corrected chi connectivity index (χ3v) is 4.64. The van der Waals surface area contributed by atoms with Crippen molar-refractivity contribution in [2.24, 2.45) is 5.73 Å². The molecule has 8 nitrogen and oxygen atoms in total. The summed E-state index contributed by atoms with van der Waals surface area (Å²) in [4.78, 5) is 16.8. The Hall–Kier alpha value is -3.13. The van der Waals surface area contributed by atoms with Crippen LogP contribution in [-0.2, 0) is 6.42 Å². The Morgan fingerprint density at radius 3 is 2.71 bits per heavy atom. The van der Waals surface area contributed by atoms with Crippen LogP contribution >= 0.6 is 0 Å². The lowest BCUT2D eigenvalue weighted by molar-refractivity contribution is 0.0998. The lowest BCUT2D eigenvalue weighted by Gasteiger charge is -2.19. The summed E-state index contributed by atoms with van der Waals surface area (Å²) in [7, 11) is 0. The van der Waals surface area contributed by atoms with Crippen molar-refractivity contribution in [1.82, 2.24) is 25.2 Å². The summed E-state index contributed by atoms with van der Waals surface area (Å²) in [6, 6.07) is 7.41. The summed E-state index contributed by atoms with van der Waals surface area (Å²) in [5.41, 5.74) is 9.77. The maximum Gasteiger partial charge on any atom is 0.249 e. The molecule has 3 N–H and O–H groups in total. The van der Waals surface area contributed by atoms with Gasteiger partial charge in [-0.2, -0.15) is 4.68 Å². The van der Waals surface area contributed by atoms with Gasteiger partial charge >= 0.3 is 0 Å². The Morgan fingerprint density at radius 1 is 1.32 bits per heavy atom. The van der Waals surface area contributed by atoms with Gasteiger partial charge in [-0.15, -0.1) is 5.10 Å². The molecular formula is C20H24N6O2. The Morgan fingerprint density at radius 2 is 2.11 bits per heavy atom.